The van der Waals surface area contributed by atoms with Crippen LogP contribution in [0.3, 0.4) is 0 Å². The fourth-order valence-electron chi connectivity index (χ4n) is 2.67. The molecule has 2 heterocycles. The van der Waals surface area contributed by atoms with E-state index in [0.717, 1.165) is 35.0 Å². The third-order valence-corrected chi connectivity index (χ3v) is 5.00. The van der Waals surface area contributed by atoms with Crippen molar-refractivity contribution in [1.82, 2.24) is 19.9 Å². The maximum atomic E-state index is 11.9. The number of thiazole rings is 1. The summed E-state index contributed by atoms with van der Waals surface area (Å²) in [4.78, 5) is 26.0. The molecule has 2 aromatic heterocycles. The molecule has 1 N–H and O–H groups in total. The summed E-state index contributed by atoms with van der Waals surface area (Å²) in [6.45, 7) is 7.34. The van der Waals surface area contributed by atoms with Crippen LogP contribution in [0.1, 0.15) is 27.5 Å². The molecule has 0 atom stereocenters. The Labute approximate surface area is 151 Å². The number of aromatic amines is 1. The van der Waals surface area contributed by atoms with Gasteiger partial charge in [-0.05, 0) is 33.4 Å². The number of H-pyrrole nitrogens is 1. The van der Waals surface area contributed by atoms with Crippen molar-refractivity contribution in [2.75, 3.05) is 7.05 Å². The van der Waals surface area contributed by atoms with Crippen molar-refractivity contribution >= 4 is 11.3 Å². The summed E-state index contributed by atoms with van der Waals surface area (Å²) < 4.78 is 0. The summed E-state index contributed by atoms with van der Waals surface area (Å²) in [5.74, 6) is 0.617. The van der Waals surface area contributed by atoms with Crippen LogP contribution in [-0.4, -0.2) is 26.9 Å². The van der Waals surface area contributed by atoms with Crippen LogP contribution in [0.4, 0.5) is 0 Å². The Morgan fingerprint density at radius 2 is 1.80 bits per heavy atom. The Hall–Kier alpha value is -2.31. The van der Waals surface area contributed by atoms with Gasteiger partial charge in [0.15, 0.2) is 0 Å². The summed E-state index contributed by atoms with van der Waals surface area (Å²) in [5, 5.41) is 3.21. The van der Waals surface area contributed by atoms with E-state index in [1.54, 1.807) is 18.3 Å². The lowest BCUT2D eigenvalue weighted by atomic mass is 10.1. The molecule has 0 fully saturated rings. The lowest BCUT2D eigenvalue weighted by Crippen LogP contribution is -2.17. The van der Waals surface area contributed by atoms with Crippen LogP contribution in [0.25, 0.3) is 11.4 Å². The zero-order chi connectivity index (χ0) is 18.0. The minimum atomic E-state index is -0.0788. The molecule has 0 spiro atoms. The van der Waals surface area contributed by atoms with E-state index in [2.05, 4.69) is 44.4 Å². The van der Waals surface area contributed by atoms with E-state index >= 15 is 0 Å². The molecule has 0 amide bonds. The Morgan fingerprint density at radius 3 is 2.40 bits per heavy atom. The molecule has 3 aromatic rings. The fraction of sp³-hybridized carbons (Fsp3) is 0.316. The molecule has 3 rings (SSSR count). The van der Waals surface area contributed by atoms with Crippen molar-refractivity contribution in [2.45, 2.75) is 33.9 Å². The smallest absolute Gasteiger partial charge is 0.254 e. The van der Waals surface area contributed by atoms with E-state index in [-0.39, 0.29) is 5.56 Å². The van der Waals surface area contributed by atoms with E-state index < -0.39 is 0 Å². The Morgan fingerprint density at radius 1 is 1.08 bits per heavy atom. The second-order valence-electron chi connectivity index (χ2n) is 6.35. The van der Waals surface area contributed by atoms with Crippen molar-refractivity contribution in [1.29, 1.82) is 0 Å². The molecular formula is C19H22N4OS. The predicted molar refractivity (Wildman–Crippen MR) is 102 cm³/mol. The summed E-state index contributed by atoms with van der Waals surface area (Å²) in [6.07, 6.45) is 0. The maximum Gasteiger partial charge on any atom is 0.254 e. The molecule has 6 heteroatoms. The molecule has 5 nitrogen and oxygen atoms in total. The lowest BCUT2D eigenvalue weighted by Gasteiger charge is -2.15. The highest BCUT2D eigenvalue weighted by molar-refractivity contribution is 7.09. The molecule has 0 bridgehead atoms. The number of nitrogens with zero attached hydrogens (tertiary/aromatic N) is 3. The van der Waals surface area contributed by atoms with Gasteiger partial charge in [0.25, 0.3) is 5.56 Å². The topological polar surface area (TPSA) is 61.9 Å². The standard InChI is InChI=1S/C19H22N4OS/c1-12-13(2)20-18(22-19(12)24)16-7-5-15(6-8-16)9-23(4)10-17-11-25-14(3)21-17/h5-8,11H,9-10H2,1-4H3,(H,20,22,24). The number of hydrogen-bond acceptors (Lipinski definition) is 5. The molecule has 0 aliphatic carbocycles. The van der Waals surface area contributed by atoms with Gasteiger partial charge in [0.1, 0.15) is 5.82 Å². The average Bonchev–Trinajstić information content (AvgIpc) is 2.97. The second-order valence-corrected chi connectivity index (χ2v) is 7.41. The number of benzene rings is 1. The minimum absolute atomic E-state index is 0.0788. The molecule has 130 valence electrons. The van der Waals surface area contributed by atoms with E-state index in [9.17, 15) is 4.79 Å². The van der Waals surface area contributed by atoms with Gasteiger partial charge in [-0.1, -0.05) is 24.3 Å². The number of aromatic nitrogens is 3. The van der Waals surface area contributed by atoms with Gasteiger partial charge in [-0.2, -0.15) is 0 Å². The Bertz CT molecular complexity index is 927. The third kappa shape index (κ3) is 4.21. The SMILES string of the molecule is Cc1nc(CN(C)Cc2ccc(-c3nc(C)c(C)c(=O)[nH]3)cc2)cs1. The minimum Gasteiger partial charge on any atom is -0.306 e. The molecule has 0 radical (unpaired) electrons. The van der Waals surface area contributed by atoms with E-state index in [1.165, 1.54) is 5.56 Å². The first-order chi connectivity index (χ1) is 11.9. The average molecular weight is 354 g/mol. The van der Waals surface area contributed by atoms with Crippen LogP contribution >= 0.6 is 11.3 Å². The maximum absolute atomic E-state index is 11.9. The van der Waals surface area contributed by atoms with Gasteiger partial charge < -0.3 is 4.98 Å². The summed E-state index contributed by atoms with van der Waals surface area (Å²) in [6, 6.07) is 8.16. The summed E-state index contributed by atoms with van der Waals surface area (Å²) in [5.41, 5.74) is 4.59. The molecule has 0 unspecified atom stereocenters. The molecular weight excluding hydrogens is 332 g/mol. The van der Waals surface area contributed by atoms with Crippen molar-refractivity contribution in [3.8, 4) is 11.4 Å². The molecule has 0 aliphatic heterocycles. The van der Waals surface area contributed by atoms with Gasteiger partial charge in [0, 0.05) is 35.3 Å². The van der Waals surface area contributed by atoms with Gasteiger partial charge in [-0.15, -0.1) is 11.3 Å². The normalized spacial score (nSPS) is 11.2. The fourth-order valence-corrected chi connectivity index (χ4v) is 3.28. The van der Waals surface area contributed by atoms with Gasteiger partial charge in [-0.25, -0.2) is 9.97 Å². The van der Waals surface area contributed by atoms with Crippen LogP contribution < -0.4 is 5.56 Å². The van der Waals surface area contributed by atoms with E-state index in [4.69, 9.17) is 0 Å². The summed E-state index contributed by atoms with van der Waals surface area (Å²) >= 11 is 1.68. The second kappa shape index (κ2) is 7.29. The number of hydrogen-bond donors (Lipinski definition) is 1. The first-order valence-corrected chi connectivity index (χ1v) is 9.06. The highest BCUT2D eigenvalue weighted by Gasteiger charge is 2.08. The monoisotopic (exact) mass is 354 g/mol. The molecule has 0 saturated heterocycles. The van der Waals surface area contributed by atoms with Crippen LogP contribution in [-0.2, 0) is 13.1 Å². The van der Waals surface area contributed by atoms with Gasteiger partial charge in [0.2, 0.25) is 0 Å². The van der Waals surface area contributed by atoms with Gasteiger partial charge in [0.05, 0.1) is 10.7 Å². The molecule has 0 aliphatic rings. The predicted octanol–water partition coefficient (Wildman–Crippen LogP) is 3.45. The van der Waals surface area contributed by atoms with Crippen molar-refractivity contribution in [3.63, 3.8) is 0 Å². The number of nitrogens with one attached hydrogen (secondary N) is 1. The van der Waals surface area contributed by atoms with Crippen LogP contribution in [0.2, 0.25) is 0 Å². The summed E-state index contributed by atoms with van der Waals surface area (Å²) in [7, 11) is 2.09. The lowest BCUT2D eigenvalue weighted by molar-refractivity contribution is 0.315. The largest absolute Gasteiger partial charge is 0.306 e. The molecule has 1 aromatic carbocycles. The van der Waals surface area contributed by atoms with E-state index in [0.29, 0.717) is 11.4 Å². The number of aryl methyl sites for hydroxylation is 2. The Kier molecular flexibility index (Phi) is 5.11. The van der Waals surface area contributed by atoms with Crippen LogP contribution in [0.5, 0.6) is 0 Å². The quantitative estimate of drug-likeness (QED) is 0.762. The third-order valence-electron chi connectivity index (χ3n) is 4.17. The highest BCUT2D eigenvalue weighted by atomic mass is 32.1. The van der Waals surface area contributed by atoms with Crippen molar-refractivity contribution in [2.24, 2.45) is 0 Å². The van der Waals surface area contributed by atoms with Crippen molar-refractivity contribution < 1.29 is 0 Å². The number of rotatable bonds is 5. The van der Waals surface area contributed by atoms with Crippen LogP contribution in [0.15, 0.2) is 34.4 Å². The van der Waals surface area contributed by atoms with E-state index in [1.807, 2.05) is 26.0 Å². The Balaban J connectivity index is 1.71. The highest BCUT2D eigenvalue weighted by Crippen LogP contribution is 2.17. The van der Waals surface area contributed by atoms with Crippen LogP contribution in [0, 0.1) is 20.8 Å². The van der Waals surface area contributed by atoms with Gasteiger partial charge >= 0.3 is 0 Å². The van der Waals surface area contributed by atoms with Crippen molar-refractivity contribution in [3.05, 3.63) is 67.5 Å². The molecule has 25 heavy (non-hydrogen) atoms. The first-order valence-electron chi connectivity index (χ1n) is 8.19. The zero-order valence-corrected chi connectivity index (χ0v) is 15.8. The molecule has 0 saturated carbocycles. The first kappa shape index (κ1) is 17.5. The van der Waals surface area contributed by atoms with Gasteiger partial charge in [-0.3, -0.25) is 9.69 Å². The zero-order valence-electron chi connectivity index (χ0n) is 15.0.